The van der Waals surface area contributed by atoms with Crippen LogP contribution in [0.25, 0.3) is 0 Å². The first-order valence-corrected chi connectivity index (χ1v) is 8.10. The average Bonchev–Trinajstić information content (AvgIpc) is 2.80. The molecule has 2 rings (SSSR count). The van der Waals surface area contributed by atoms with Crippen molar-refractivity contribution in [2.24, 2.45) is 0 Å². The van der Waals surface area contributed by atoms with E-state index in [1.54, 1.807) is 25.8 Å². The molecule has 3 nitrogen and oxygen atoms in total. The minimum absolute atomic E-state index is 0.373. The zero-order valence-electron chi connectivity index (χ0n) is 13.7. The number of anilines is 1. The summed E-state index contributed by atoms with van der Waals surface area (Å²) in [4.78, 5) is 1.24. The second kappa shape index (κ2) is 10.1. The van der Waals surface area contributed by atoms with Crippen molar-refractivity contribution in [3.05, 3.63) is 23.8 Å². The summed E-state index contributed by atoms with van der Waals surface area (Å²) < 4.78 is 4.75. The first-order chi connectivity index (χ1) is 9.43. The number of aliphatic hydroxyl groups is 1. The SMILES string of the molecule is CC.CC1Nc2ccc(C(C)O)cc2S1.COC(C)C. The van der Waals surface area contributed by atoms with Gasteiger partial charge in [-0.2, -0.15) is 0 Å². The second-order valence-corrected chi connectivity index (χ2v) is 6.00. The highest BCUT2D eigenvalue weighted by Gasteiger charge is 2.17. The Morgan fingerprint density at radius 3 is 2.25 bits per heavy atom. The molecule has 0 aromatic heterocycles. The van der Waals surface area contributed by atoms with E-state index in [1.165, 1.54) is 10.6 Å². The van der Waals surface area contributed by atoms with Gasteiger partial charge in [0, 0.05) is 17.7 Å². The van der Waals surface area contributed by atoms with E-state index in [0.29, 0.717) is 11.5 Å². The lowest BCUT2D eigenvalue weighted by atomic mass is 10.1. The molecule has 0 saturated heterocycles. The Hall–Kier alpha value is -0.710. The number of nitrogens with one attached hydrogen (secondary N) is 1. The highest BCUT2D eigenvalue weighted by molar-refractivity contribution is 8.00. The standard InChI is InChI=1S/C10H13NOS.C4H10O.C2H6/c1-6(12)8-3-4-9-10(5-8)13-7(2)11-9;1-4(2)5-3;1-2/h3-7,11-12H,1-2H3;4H,1-3H3;1-2H3. The van der Waals surface area contributed by atoms with Crippen LogP contribution < -0.4 is 5.32 Å². The van der Waals surface area contributed by atoms with Gasteiger partial charge in [-0.25, -0.2) is 0 Å². The first-order valence-electron chi connectivity index (χ1n) is 7.22. The van der Waals surface area contributed by atoms with Crippen LogP contribution in [0.1, 0.15) is 53.2 Å². The average molecular weight is 299 g/mol. The predicted molar refractivity (Wildman–Crippen MR) is 89.5 cm³/mol. The Bertz CT molecular complexity index is 381. The maximum atomic E-state index is 9.39. The monoisotopic (exact) mass is 299 g/mol. The van der Waals surface area contributed by atoms with Crippen LogP contribution in [0.4, 0.5) is 5.69 Å². The second-order valence-electron chi connectivity index (χ2n) is 4.62. The van der Waals surface area contributed by atoms with Crippen molar-refractivity contribution < 1.29 is 9.84 Å². The molecule has 0 aliphatic carbocycles. The third kappa shape index (κ3) is 6.64. The number of hydrogen-bond donors (Lipinski definition) is 2. The first kappa shape index (κ1) is 19.3. The summed E-state index contributed by atoms with van der Waals surface area (Å²) in [6, 6.07) is 6.06. The maximum absolute atomic E-state index is 9.39. The minimum atomic E-state index is -0.373. The molecular weight excluding hydrogens is 270 g/mol. The van der Waals surface area contributed by atoms with Crippen LogP contribution in [-0.2, 0) is 4.74 Å². The number of hydrogen-bond acceptors (Lipinski definition) is 4. The summed E-state index contributed by atoms with van der Waals surface area (Å²) in [5.74, 6) is 0. The van der Waals surface area contributed by atoms with E-state index in [-0.39, 0.29) is 6.10 Å². The predicted octanol–water partition coefficient (Wildman–Crippen LogP) is 4.67. The van der Waals surface area contributed by atoms with Gasteiger partial charge < -0.3 is 15.2 Å². The Kier molecular flexibility index (Phi) is 9.72. The lowest BCUT2D eigenvalue weighted by molar-refractivity contribution is 0.134. The van der Waals surface area contributed by atoms with Crippen LogP contribution in [-0.4, -0.2) is 23.7 Å². The molecular formula is C16H29NO2S. The Morgan fingerprint density at radius 1 is 1.25 bits per heavy atom. The van der Waals surface area contributed by atoms with E-state index in [4.69, 9.17) is 4.74 Å². The molecule has 2 atom stereocenters. The van der Waals surface area contributed by atoms with E-state index in [2.05, 4.69) is 18.3 Å². The van der Waals surface area contributed by atoms with Crippen LogP contribution in [0.3, 0.4) is 0 Å². The third-order valence-corrected chi connectivity index (χ3v) is 3.69. The molecule has 1 aliphatic heterocycles. The van der Waals surface area contributed by atoms with E-state index < -0.39 is 0 Å². The van der Waals surface area contributed by atoms with Gasteiger partial charge in [-0.3, -0.25) is 0 Å². The van der Waals surface area contributed by atoms with Crippen LogP contribution in [0.5, 0.6) is 0 Å². The smallest absolute Gasteiger partial charge is 0.0762 e. The molecule has 2 unspecified atom stereocenters. The minimum Gasteiger partial charge on any atom is -0.389 e. The molecule has 20 heavy (non-hydrogen) atoms. The summed E-state index contributed by atoms with van der Waals surface area (Å²) in [6.07, 6.45) is 0.0109. The fourth-order valence-corrected chi connectivity index (χ4v) is 2.48. The van der Waals surface area contributed by atoms with Gasteiger partial charge in [0.1, 0.15) is 0 Å². The third-order valence-electron chi connectivity index (χ3n) is 2.62. The van der Waals surface area contributed by atoms with Crippen LogP contribution >= 0.6 is 11.8 Å². The van der Waals surface area contributed by atoms with Gasteiger partial charge in [0.15, 0.2) is 0 Å². The number of benzene rings is 1. The van der Waals surface area contributed by atoms with Crippen LogP contribution in [0.2, 0.25) is 0 Å². The van der Waals surface area contributed by atoms with E-state index in [0.717, 1.165) is 5.56 Å². The van der Waals surface area contributed by atoms with Crippen LogP contribution in [0, 0.1) is 0 Å². The van der Waals surface area contributed by atoms with Crippen molar-refractivity contribution in [2.75, 3.05) is 12.4 Å². The molecule has 0 spiro atoms. The molecule has 2 N–H and O–H groups in total. The molecule has 0 bridgehead atoms. The van der Waals surface area contributed by atoms with Gasteiger partial charge in [-0.05, 0) is 45.4 Å². The maximum Gasteiger partial charge on any atom is 0.0762 e. The normalized spacial score (nSPS) is 17.1. The number of fused-ring (bicyclic) bond motifs is 1. The molecule has 0 amide bonds. The van der Waals surface area contributed by atoms with Crippen molar-refractivity contribution >= 4 is 17.4 Å². The number of ether oxygens (including phenoxy) is 1. The zero-order chi connectivity index (χ0) is 15.7. The lowest BCUT2D eigenvalue weighted by Gasteiger charge is -2.05. The fraction of sp³-hybridized carbons (Fsp3) is 0.625. The molecule has 116 valence electrons. The van der Waals surface area contributed by atoms with Crippen molar-refractivity contribution in [1.29, 1.82) is 0 Å². The van der Waals surface area contributed by atoms with Gasteiger partial charge in [0.05, 0.1) is 17.6 Å². The molecule has 1 aliphatic rings. The van der Waals surface area contributed by atoms with Gasteiger partial charge in [0.2, 0.25) is 0 Å². The Labute approximate surface area is 128 Å². The number of aliphatic hydroxyl groups excluding tert-OH is 1. The quantitative estimate of drug-likeness (QED) is 0.832. The molecule has 1 aromatic carbocycles. The van der Waals surface area contributed by atoms with Crippen molar-refractivity contribution in [3.63, 3.8) is 0 Å². The van der Waals surface area contributed by atoms with Crippen LogP contribution in [0.15, 0.2) is 23.1 Å². The van der Waals surface area contributed by atoms with Crippen molar-refractivity contribution in [3.8, 4) is 0 Å². The highest BCUT2D eigenvalue weighted by atomic mass is 32.2. The summed E-state index contributed by atoms with van der Waals surface area (Å²) in [6.45, 7) is 11.9. The molecule has 4 heteroatoms. The van der Waals surface area contributed by atoms with Gasteiger partial charge in [-0.15, -0.1) is 0 Å². The van der Waals surface area contributed by atoms with Crippen molar-refractivity contribution in [1.82, 2.24) is 0 Å². The highest BCUT2D eigenvalue weighted by Crippen LogP contribution is 2.39. The van der Waals surface area contributed by atoms with Gasteiger partial charge >= 0.3 is 0 Å². The lowest BCUT2D eigenvalue weighted by Crippen LogP contribution is -2.02. The zero-order valence-corrected chi connectivity index (χ0v) is 14.5. The largest absolute Gasteiger partial charge is 0.389 e. The Morgan fingerprint density at radius 2 is 1.80 bits per heavy atom. The summed E-state index contributed by atoms with van der Waals surface area (Å²) in [5, 5.41) is 13.2. The number of rotatable bonds is 2. The fourth-order valence-electron chi connectivity index (χ4n) is 1.45. The van der Waals surface area contributed by atoms with Gasteiger partial charge in [-0.1, -0.05) is 31.7 Å². The van der Waals surface area contributed by atoms with E-state index in [9.17, 15) is 5.11 Å². The topological polar surface area (TPSA) is 41.5 Å². The van der Waals surface area contributed by atoms with E-state index >= 15 is 0 Å². The summed E-state index contributed by atoms with van der Waals surface area (Å²) in [5.41, 5.74) is 2.17. The molecule has 0 saturated carbocycles. The molecule has 1 heterocycles. The van der Waals surface area contributed by atoms with Gasteiger partial charge in [0.25, 0.3) is 0 Å². The summed E-state index contributed by atoms with van der Waals surface area (Å²) >= 11 is 1.80. The number of methoxy groups -OCH3 is 1. The molecule has 0 fully saturated rings. The van der Waals surface area contributed by atoms with Crippen molar-refractivity contribution in [2.45, 2.75) is 64.0 Å². The molecule has 0 radical (unpaired) electrons. The van der Waals surface area contributed by atoms with E-state index in [1.807, 2.05) is 39.8 Å². The summed E-state index contributed by atoms with van der Waals surface area (Å²) in [7, 11) is 1.70. The Balaban J connectivity index is 0.000000441. The number of thioether (sulfide) groups is 1. The molecule has 1 aromatic rings.